The van der Waals surface area contributed by atoms with Crippen molar-refractivity contribution < 1.29 is 27.4 Å². The lowest BCUT2D eigenvalue weighted by Crippen LogP contribution is -2.36. The van der Waals surface area contributed by atoms with Crippen LogP contribution in [0, 0.1) is 17.3 Å². The lowest BCUT2D eigenvalue weighted by Gasteiger charge is -2.38. The van der Waals surface area contributed by atoms with Gasteiger partial charge in [-0.05, 0) is 57.3 Å². The van der Waals surface area contributed by atoms with Crippen molar-refractivity contribution in [1.29, 1.82) is 0 Å². The van der Waals surface area contributed by atoms with Gasteiger partial charge in [-0.1, -0.05) is 33.6 Å². The van der Waals surface area contributed by atoms with Gasteiger partial charge in [-0.2, -0.15) is 13.2 Å². The highest BCUT2D eigenvalue weighted by atomic mass is 19.4. The Morgan fingerprint density at radius 2 is 1.37 bits per heavy atom. The van der Waals surface area contributed by atoms with Crippen LogP contribution in [0.5, 0.6) is 0 Å². The number of halogens is 3. The summed E-state index contributed by atoms with van der Waals surface area (Å²) in [7, 11) is 0. The molecule has 6 heteroatoms. The molecule has 0 aromatic rings. The molecule has 0 saturated heterocycles. The van der Waals surface area contributed by atoms with E-state index in [0.717, 1.165) is 25.7 Å². The zero-order chi connectivity index (χ0) is 20.7. The zero-order valence-corrected chi connectivity index (χ0v) is 18.0. The van der Waals surface area contributed by atoms with E-state index in [-0.39, 0.29) is 36.6 Å². The molecule has 1 unspecified atom stereocenters. The molecule has 1 atom stereocenters. The molecule has 0 heterocycles. The molecule has 27 heavy (non-hydrogen) atoms. The van der Waals surface area contributed by atoms with Crippen molar-refractivity contribution in [3.8, 4) is 0 Å². The summed E-state index contributed by atoms with van der Waals surface area (Å²) in [6.07, 6.45) is -2.21. The predicted molar refractivity (Wildman–Crippen MR) is 102 cm³/mol. The van der Waals surface area contributed by atoms with Gasteiger partial charge in [0.25, 0.3) is 0 Å². The van der Waals surface area contributed by atoms with Gasteiger partial charge in [0.15, 0.2) is 6.10 Å². The highest BCUT2D eigenvalue weighted by Crippen LogP contribution is 2.42. The van der Waals surface area contributed by atoms with Crippen molar-refractivity contribution in [3.05, 3.63) is 0 Å². The molecule has 0 spiro atoms. The quantitative estimate of drug-likeness (QED) is 0.447. The molecule has 1 aliphatic carbocycles. The fourth-order valence-electron chi connectivity index (χ4n) is 3.62. The fourth-order valence-corrected chi connectivity index (χ4v) is 3.62. The predicted octanol–water partition coefficient (Wildman–Crippen LogP) is 6.01. The molecular weight excluding hydrogens is 357 g/mol. The first kappa shape index (κ1) is 24.7. The molecule has 0 aromatic heterocycles. The van der Waals surface area contributed by atoms with Crippen molar-refractivity contribution in [1.82, 2.24) is 0 Å². The van der Waals surface area contributed by atoms with Gasteiger partial charge >= 0.3 is 6.18 Å². The molecule has 0 aromatic carbocycles. The van der Waals surface area contributed by atoms with Crippen LogP contribution in [0.3, 0.4) is 0 Å². The Labute approximate surface area is 163 Å². The second-order valence-electron chi connectivity index (χ2n) is 9.79. The van der Waals surface area contributed by atoms with Crippen LogP contribution in [0.1, 0.15) is 73.6 Å². The Morgan fingerprint density at radius 1 is 0.815 bits per heavy atom. The first-order chi connectivity index (χ1) is 12.3. The monoisotopic (exact) mass is 396 g/mol. The summed E-state index contributed by atoms with van der Waals surface area (Å²) in [6, 6.07) is 0. The summed E-state index contributed by atoms with van der Waals surface area (Å²) in [6.45, 7) is 13.4. The lowest BCUT2D eigenvalue weighted by atomic mass is 9.69. The largest absolute Gasteiger partial charge is 0.414 e. The fraction of sp³-hybridized carbons (Fsp3) is 1.00. The van der Waals surface area contributed by atoms with Gasteiger partial charge in [0.1, 0.15) is 0 Å². The Hall–Kier alpha value is -0.330. The van der Waals surface area contributed by atoms with E-state index in [2.05, 4.69) is 20.8 Å². The van der Waals surface area contributed by atoms with Crippen molar-refractivity contribution in [2.24, 2.45) is 17.3 Å². The van der Waals surface area contributed by atoms with Gasteiger partial charge < -0.3 is 14.2 Å². The molecule has 1 fully saturated rings. The number of hydrogen-bond donors (Lipinski definition) is 0. The maximum Gasteiger partial charge on any atom is 0.414 e. The van der Waals surface area contributed by atoms with Crippen LogP contribution in [0.15, 0.2) is 0 Å². The average molecular weight is 397 g/mol. The minimum atomic E-state index is -4.32. The van der Waals surface area contributed by atoms with E-state index in [4.69, 9.17) is 14.2 Å². The van der Waals surface area contributed by atoms with Crippen LogP contribution in [0.4, 0.5) is 13.2 Å². The van der Waals surface area contributed by atoms with Crippen molar-refractivity contribution >= 4 is 0 Å². The first-order valence-corrected chi connectivity index (χ1v) is 10.2. The van der Waals surface area contributed by atoms with Gasteiger partial charge in [-0.15, -0.1) is 0 Å². The van der Waals surface area contributed by atoms with Crippen LogP contribution in [0.2, 0.25) is 0 Å². The summed E-state index contributed by atoms with van der Waals surface area (Å²) in [5.74, 6) is 0.694. The van der Waals surface area contributed by atoms with Gasteiger partial charge in [0, 0.05) is 0 Å². The first-order valence-electron chi connectivity index (χ1n) is 10.2. The van der Waals surface area contributed by atoms with E-state index in [1.165, 1.54) is 0 Å². The third kappa shape index (κ3) is 10.7. The normalized spacial score (nSPS) is 23.4. The Bertz CT molecular complexity index is 402. The van der Waals surface area contributed by atoms with Gasteiger partial charge in [-0.25, -0.2) is 0 Å². The van der Waals surface area contributed by atoms with Crippen molar-refractivity contribution in [2.75, 3.05) is 26.4 Å². The second kappa shape index (κ2) is 10.4. The Balaban J connectivity index is 2.30. The van der Waals surface area contributed by atoms with Crippen LogP contribution in [-0.2, 0) is 14.2 Å². The third-order valence-corrected chi connectivity index (χ3v) is 5.29. The third-order valence-electron chi connectivity index (χ3n) is 5.29. The van der Waals surface area contributed by atoms with Crippen molar-refractivity contribution in [2.45, 2.75) is 91.5 Å². The van der Waals surface area contributed by atoms with Crippen LogP contribution >= 0.6 is 0 Å². The number of rotatable bonds is 9. The minimum absolute atomic E-state index is 0.0446. The van der Waals surface area contributed by atoms with Gasteiger partial charge in [0.2, 0.25) is 0 Å². The second-order valence-corrected chi connectivity index (χ2v) is 9.79. The maximum atomic E-state index is 13.3. The molecule has 0 amide bonds. The summed E-state index contributed by atoms with van der Waals surface area (Å²) in [5, 5.41) is 0. The zero-order valence-electron chi connectivity index (χ0n) is 18.0. The summed E-state index contributed by atoms with van der Waals surface area (Å²) < 4.78 is 55.9. The highest BCUT2D eigenvalue weighted by Gasteiger charge is 2.42. The Morgan fingerprint density at radius 3 is 1.85 bits per heavy atom. The molecule has 162 valence electrons. The smallest absolute Gasteiger partial charge is 0.377 e. The summed E-state index contributed by atoms with van der Waals surface area (Å²) in [4.78, 5) is 0. The van der Waals surface area contributed by atoms with Crippen LogP contribution < -0.4 is 0 Å². The SMILES string of the molecule is CC(C)(C)OCCOCCOC(CC1CCC(C(C)(C)C)CC1)C(F)(F)F. The Kier molecular flexibility index (Phi) is 9.56. The van der Waals surface area contributed by atoms with E-state index >= 15 is 0 Å². The standard InChI is InChI=1S/C21H39F3O3/c1-19(2,3)17-9-7-16(8-10-17)15-18(21(22,23)24)26-13-11-25-12-14-27-20(4,5)6/h16-18H,7-15H2,1-6H3. The summed E-state index contributed by atoms with van der Waals surface area (Å²) in [5.41, 5.74) is -0.00776. The number of alkyl halides is 3. The highest BCUT2D eigenvalue weighted by molar-refractivity contribution is 4.83. The number of hydrogen-bond acceptors (Lipinski definition) is 3. The van der Waals surface area contributed by atoms with Crippen molar-refractivity contribution in [3.63, 3.8) is 0 Å². The molecule has 0 bridgehead atoms. The molecular formula is C21H39F3O3. The van der Waals surface area contributed by atoms with Gasteiger partial charge in [0.05, 0.1) is 32.0 Å². The van der Waals surface area contributed by atoms with E-state index in [9.17, 15) is 13.2 Å². The molecule has 1 saturated carbocycles. The maximum absolute atomic E-state index is 13.3. The molecule has 1 aliphatic rings. The van der Waals surface area contributed by atoms with E-state index < -0.39 is 12.3 Å². The summed E-state index contributed by atoms with van der Waals surface area (Å²) >= 11 is 0. The molecule has 0 N–H and O–H groups in total. The van der Waals surface area contributed by atoms with E-state index in [1.807, 2.05) is 20.8 Å². The molecule has 0 radical (unpaired) electrons. The lowest BCUT2D eigenvalue weighted by molar-refractivity contribution is -0.228. The molecule has 3 nitrogen and oxygen atoms in total. The minimum Gasteiger partial charge on any atom is -0.377 e. The molecule has 0 aliphatic heterocycles. The average Bonchev–Trinajstić information content (AvgIpc) is 2.50. The molecule has 1 rings (SSSR count). The topological polar surface area (TPSA) is 27.7 Å². The number of ether oxygens (including phenoxy) is 3. The van der Waals surface area contributed by atoms with E-state index in [0.29, 0.717) is 19.1 Å². The van der Waals surface area contributed by atoms with E-state index in [1.54, 1.807) is 0 Å². The van der Waals surface area contributed by atoms with Crippen LogP contribution in [0.25, 0.3) is 0 Å². The van der Waals surface area contributed by atoms with Gasteiger partial charge in [-0.3, -0.25) is 0 Å². The van der Waals surface area contributed by atoms with Crippen LogP contribution in [-0.4, -0.2) is 44.3 Å².